The molecule has 34 heteroatoms. The van der Waals surface area contributed by atoms with Gasteiger partial charge in [0, 0.05) is 42.9 Å². The standard InChI is InChI=1S/C55H74N14O17S3/c1-87-21-18-37(64-51(79)40(24-31-14-16-33(17-15-31)86-89(83,84)85)68-54(82)42(26-45(71)72)67-48(76)35(56)12-8-20-60-55(58)59)49(77)62-29-44(70)63-41(25-32-28-61-36-13-7-6-11-34(32)36)52(80)65-38(19-22-88-2)50(78)69-43(27-46(73)74)53(81)66-39(47(57)75)23-30-9-4-3-5-10-30/h3-7,9-11,13-17,28,35,37-43,61H,8,12,18-27,29,56H2,1-2H3,(H2,57,75)(H,62,77)(H,63,70)(H,64,79)(H,65,80)(H,66,81)(H,67,76)(H,68,82)(H,69,78)(H,71,72)(H,73,74)(H4,58,59,60)(H,83,84,85)/t35-,37-,38-,39-,40-,41-,42-,43-/m0/s1. The Bertz CT molecular complexity index is 3260. The van der Waals surface area contributed by atoms with E-state index in [0.29, 0.717) is 22.0 Å². The van der Waals surface area contributed by atoms with Crippen molar-refractivity contribution < 1.29 is 80.1 Å². The average molecular weight is 1300 g/mol. The summed E-state index contributed by atoms with van der Waals surface area (Å²) < 4.78 is 36.3. The van der Waals surface area contributed by atoms with Crippen molar-refractivity contribution >= 4 is 116 Å². The molecular weight excluding hydrogens is 1220 g/mol. The topological polar surface area (TPSA) is 520 Å². The number of guanidine groups is 1. The highest BCUT2D eigenvalue weighted by atomic mass is 32.3. The Kier molecular flexibility index (Phi) is 29.6. The van der Waals surface area contributed by atoms with Gasteiger partial charge >= 0.3 is 22.3 Å². The molecule has 0 bridgehead atoms. The van der Waals surface area contributed by atoms with Gasteiger partial charge in [-0.15, -0.1) is 0 Å². The van der Waals surface area contributed by atoms with Crippen LogP contribution in [-0.4, -0.2) is 185 Å². The van der Waals surface area contributed by atoms with Gasteiger partial charge < -0.3 is 84.8 Å². The minimum Gasteiger partial charge on any atom is -0.481 e. The number of hydrogen-bond donors (Lipinski definition) is 16. The lowest BCUT2D eigenvalue weighted by Gasteiger charge is -2.26. The third-order valence-electron chi connectivity index (χ3n) is 13.1. The zero-order valence-corrected chi connectivity index (χ0v) is 50.9. The molecule has 0 fully saturated rings. The number of aromatic nitrogens is 1. The highest BCUT2D eigenvalue weighted by Gasteiger charge is 2.35. The molecule has 0 unspecified atom stereocenters. The normalized spacial score (nSPS) is 13.8. The van der Waals surface area contributed by atoms with Gasteiger partial charge in [0.05, 0.1) is 25.4 Å². The van der Waals surface area contributed by atoms with Gasteiger partial charge in [-0.3, -0.25) is 62.3 Å². The number of benzene rings is 3. The predicted molar refractivity (Wildman–Crippen MR) is 329 cm³/mol. The van der Waals surface area contributed by atoms with E-state index in [1.165, 1.54) is 35.7 Å². The molecule has 4 rings (SSSR count). The number of fused-ring (bicyclic) bond motifs is 1. The molecule has 484 valence electrons. The Morgan fingerprint density at radius 3 is 1.60 bits per heavy atom. The fraction of sp³-hybridized carbons (Fsp3) is 0.418. The van der Waals surface area contributed by atoms with E-state index in [2.05, 4.69) is 56.7 Å². The van der Waals surface area contributed by atoms with Crippen molar-refractivity contribution in [3.8, 4) is 5.75 Å². The van der Waals surface area contributed by atoms with E-state index in [1.807, 2.05) is 0 Å². The molecular formula is C55H74N14O17S3. The number of carbonyl (C=O) groups is 11. The average Bonchev–Trinajstić information content (AvgIpc) is 4.18. The summed E-state index contributed by atoms with van der Waals surface area (Å²) in [6, 6.07) is 8.08. The number of nitrogens with zero attached hydrogens (tertiary/aromatic N) is 1. The summed E-state index contributed by atoms with van der Waals surface area (Å²) in [7, 11) is -4.95. The van der Waals surface area contributed by atoms with Crippen molar-refractivity contribution in [2.75, 3.05) is 37.1 Å². The summed E-state index contributed by atoms with van der Waals surface area (Å²) in [5.41, 5.74) is 24.3. The quantitative estimate of drug-likeness (QED) is 0.00929. The Morgan fingerprint density at radius 2 is 1.04 bits per heavy atom. The second-order valence-corrected chi connectivity index (χ2v) is 23.0. The highest BCUT2D eigenvalue weighted by molar-refractivity contribution is 7.98. The van der Waals surface area contributed by atoms with Crippen molar-refractivity contribution in [2.24, 2.45) is 27.9 Å². The van der Waals surface area contributed by atoms with Crippen molar-refractivity contribution in [2.45, 2.75) is 106 Å². The zero-order valence-electron chi connectivity index (χ0n) is 48.4. The van der Waals surface area contributed by atoms with Crippen LogP contribution in [0.2, 0.25) is 0 Å². The monoisotopic (exact) mass is 1300 g/mol. The first-order valence-electron chi connectivity index (χ1n) is 27.4. The van der Waals surface area contributed by atoms with Crippen molar-refractivity contribution in [1.29, 1.82) is 0 Å². The molecule has 0 saturated carbocycles. The van der Waals surface area contributed by atoms with E-state index in [0.717, 1.165) is 12.1 Å². The molecule has 8 atom stereocenters. The number of nitrogens with two attached hydrogens (primary N) is 4. The number of para-hydroxylation sites is 1. The molecule has 1 aromatic heterocycles. The number of thioether (sulfide) groups is 2. The van der Waals surface area contributed by atoms with Crippen LogP contribution < -0.4 is 69.7 Å². The largest absolute Gasteiger partial charge is 0.481 e. The molecule has 9 amide bonds. The van der Waals surface area contributed by atoms with Crippen LogP contribution in [0.1, 0.15) is 55.2 Å². The maximum Gasteiger partial charge on any atom is 0.446 e. The summed E-state index contributed by atoms with van der Waals surface area (Å²) in [5, 5.41) is 39.8. The van der Waals surface area contributed by atoms with E-state index in [-0.39, 0.29) is 73.8 Å². The third kappa shape index (κ3) is 26.1. The first kappa shape index (κ1) is 72.5. The first-order chi connectivity index (χ1) is 42.2. The number of carboxylic acids is 2. The van der Waals surface area contributed by atoms with E-state index in [1.54, 1.807) is 73.3 Å². The fourth-order valence-corrected chi connectivity index (χ4v) is 9.95. The highest BCUT2D eigenvalue weighted by Crippen LogP contribution is 2.20. The summed E-state index contributed by atoms with van der Waals surface area (Å²) in [6.45, 7) is -0.710. The lowest BCUT2D eigenvalue weighted by molar-refractivity contribution is -0.142. The Labute approximate surface area is 519 Å². The molecule has 4 aromatic rings. The molecule has 89 heavy (non-hydrogen) atoms. The Morgan fingerprint density at radius 1 is 0.573 bits per heavy atom. The van der Waals surface area contributed by atoms with Crippen LogP contribution in [0.5, 0.6) is 5.75 Å². The maximum absolute atomic E-state index is 14.5. The second-order valence-electron chi connectivity index (χ2n) is 20.0. The fourth-order valence-electron chi connectivity index (χ4n) is 8.65. The molecule has 0 radical (unpaired) electrons. The van der Waals surface area contributed by atoms with Crippen LogP contribution in [-0.2, 0) is 82.4 Å². The number of carboxylic acid groups (broad SMARTS) is 2. The number of aromatic amines is 1. The van der Waals surface area contributed by atoms with Gasteiger partial charge in [-0.05, 0) is 84.6 Å². The molecule has 0 spiro atoms. The van der Waals surface area contributed by atoms with Crippen LogP contribution in [0.25, 0.3) is 10.9 Å². The maximum atomic E-state index is 14.5. The lowest BCUT2D eigenvalue weighted by atomic mass is 10.0. The number of amides is 9. The van der Waals surface area contributed by atoms with Crippen LogP contribution in [0.4, 0.5) is 0 Å². The van der Waals surface area contributed by atoms with Gasteiger partial charge in [0.15, 0.2) is 5.96 Å². The molecule has 20 N–H and O–H groups in total. The number of rotatable bonds is 39. The number of carbonyl (C=O) groups excluding carboxylic acids is 9. The number of H-pyrrole nitrogens is 1. The van der Waals surface area contributed by atoms with Gasteiger partial charge in [-0.25, -0.2) is 0 Å². The van der Waals surface area contributed by atoms with Crippen molar-refractivity contribution in [3.63, 3.8) is 0 Å². The minimum atomic E-state index is -4.95. The van der Waals surface area contributed by atoms with Gasteiger partial charge in [0.25, 0.3) is 0 Å². The van der Waals surface area contributed by atoms with Crippen molar-refractivity contribution in [1.82, 2.24) is 47.5 Å². The van der Waals surface area contributed by atoms with Gasteiger partial charge in [-0.1, -0.05) is 60.7 Å². The van der Waals surface area contributed by atoms with E-state index in [9.17, 15) is 71.4 Å². The van der Waals surface area contributed by atoms with Gasteiger partial charge in [0.1, 0.15) is 48.0 Å². The predicted octanol–water partition coefficient (Wildman–Crippen LogP) is -2.79. The van der Waals surface area contributed by atoms with E-state index >= 15 is 0 Å². The summed E-state index contributed by atoms with van der Waals surface area (Å²) in [4.78, 5) is 155. The molecule has 3 aromatic carbocycles. The minimum absolute atomic E-state index is 0.0104. The van der Waals surface area contributed by atoms with Crippen LogP contribution in [0, 0.1) is 0 Å². The first-order valence-corrected chi connectivity index (χ1v) is 31.6. The van der Waals surface area contributed by atoms with E-state index < -0.39 is 150 Å². The summed E-state index contributed by atoms with van der Waals surface area (Å²) in [6.07, 6.45) is 2.50. The summed E-state index contributed by atoms with van der Waals surface area (Å²) >= 11 is 2.56. The van der Waals surface area contributed by atoms with Gasteiger partial charge in [0.2, 0.25) is 53.2 Å². The Balaban J connectivity index is 1.58. The van der Waals surface area contributed by atoms with Crippen LogP contribution in [0.3, 0.4) is 0 Å². The molecule has 1 heterocycles. The molecule has 0 aliphatic rings. The number of hydrogen-bond acceptors (Lipinski definition) is 18. The number of primary amides is 1. The molecule has 0 saturated heterocycles. The number of nitrogens with one attached hydrogen (secondary N) is 9. The van der Waals surface area contributed by atoms with Crippen LogP contribution >= 0.6 is 23.5 Å². The number of aliphatic imine (C=N–C) groups is 1. The lowest BCUT2D eigenvalue weighted by Crippen LogP contribution is -2.59. The zero-order chi connectivity index (χ0) is 65.8. The Hall–Kier alpha value is -8.99. The SMILES string of the molecule is CSCC[C@H](NC(=O)[C@H](Cc1ccc(OS(=O)(=O)O)cc1)NC(=O)[C@H](CC(=O)O)NC(=O)[C@@H](N)CCCN=C(N)N)C(=O)NCC(=O)N[C@@H](Cc1c[nH]c2ccccc12)C(=O)N[C@@H](CCSC)C(=O)N[C@@H](CC(=O)O)C(=O)N[C@@H](Cc1ccccc1)C(N)=O. The molecule has 0 aliphatic heterocycles. The van der Waals surface area contributed by atoms with Crippen LogP contribution in [0.15, 0.2) is 90.1 Å². The summed E-state index contributed by atoms with van der Waals surface area (Å²) in [5.74, 6) is -12.0. The van der Waals surface area contributed by atoms with E-state index in [4.69, 9.17) is 27.5 Å². The third-order valence-corrected chi connectivity index (χ3v) is 14.8. The smallest absolute Gasteiger partial charge is 0.446 e. The number of aliphatic carboxylic acids is 2. The second kappa shape index (κ2) is 36.4. The molecule has 0 aliphatic carbocycles. The van der Waals surface area contributed by atoms with Crippen molar-refractivity contribution in [3.05, 3.63) is 102 Å². The van der Waals surface area contributed by atoms with Gasteiger partial charge in [-0.2, -0.15) is 31.9 Å². The molecule has 31 nitrogen and oxygen atoms in total.